The van der Waals surface area contributed by atoms with Crippen molar-refractivity contribution in [3.8, 4) is 34.5 Å². The lowest BCUT2D eigenvalue weighted by Crippen LogP contribution is -2.51. The maximum Gasteiger partial charge on any atom is 0.323 e. The molecule has 0 amide bonds. The second-order valence-electron chi connectivity index (χ2n) is 20.8. The van der Waals surface area contributed by atoms with Gasteiger partial charge in [-0.25, -0.2) is 0 Å². The number of esters is 3. The van der Waals surface area contributed by atoms with Crippen LogP contribution in [0.1, 0.15) is 252 Å². The quantitative estimate of drug-likeness (QED) is 0.0666. The Hall–Kier alpha value is -5.37. The lowest BCUT2D eigenvalue weighted by Gasteiger charge is -2.47. The van der Waals surface area contributed by atoms with Crippen molar-refractivity contribution < 1.29 is 137 Å². The van der Waals surface area contributed by atoms with E-state index in [1.165, 1.54) is 41.5 Å². The minimum atomic E-state index is -4.61. The monoisotopic (exact) mass is 1310 g/mol. The summed E-state index contributed by atoms with van der Waals surface area (Å²) < 4.78 is 556. The highest BCUT2D eigenvalue weighted by atomic mass is 16.6. The fraction of sp³-hybridized carbons (Fsp3) is 0.708. The van der Waals surface area contributed by atoms with Crippen LogP contribution in [0.15, 0.2) is 36.3 Å². The summed E-state index contributed by atoms with van der Waals surface area (Å²) >= 11 is 0. The third-order valence-electron chi connectivity index (χ3n) is 13.0. The zero-order valence-electron chi connectivity index (χ0n) is 110. The summed E-state index contributed by atoms with van der Waals surface area (Å²) in [6.07, 6.45) is -47.7. The first-order valence-electron chi connectivity index (χ1n) is 56.4. The van der Waals surface area contributed by atoms with Crippen molar-refractivity contribution in [1.82, 2.24) is 14.7 Å². The predicted octanol–water partition coefficient (Wildman–Crippen LogP) is 10.7. The molecular weight excluding hydrogens is 1140 g/mol. The molecule has 3 aromatic rings. The van der Waals surface area contributed by atoms with Crippen molar-refractivity contribution in [2.24, 2.45) is 70.3 Å². The predicted molar refractivity (Wildman–Crippen MR) is 353 cm³/mol. The second kappa shape index (κ2) is 32.5. The molecular formula is C72H114N6O12. The smallest absolute Gasteiger partial charge is 0.323 e. The minimum absolute atomic E-state index is 0.372. The van der Waals surface area contributed by atoms with E-state index in [2.05, 4.69) is 0 Å². The van der Waals surface area contributed by atoms with E-state index in [0.717, 1.165) is 35.5 Å². The second-order valence-corrected chi connectivity index (χ2v) is 20.8. The highest BCUT2D eigenvalue weighted by molar-refractivity contribution is 5.77. The number of rotatable bonds is 21. The summed E-state index contributed by atoms with van der Waals surface area (Å²) in [5.74, 6) is -36.3. The molecule has 18 heteroatoms. The van der Waals surface area contributed by atoms with Gasteiger partial charge in [-0.15, -0.1) is 0 Å². The van der Waals surface area contributed by atoms with Gasteiger partial charge in [0, 0.05) is 156 Å². The molecule has 0 aliphatic carbocycles. The summed E-state index contributed by atoms with van der Waals surface area (Å²) in [6, 6.07) is -24.0. The number of methoxy groups -OCH3 is 6. The zero-order chi connectivity index (χ0) is 117. The molecule has 18 nitrogen and oxygen atoms in total. The highest BCUT2D eigenvalue weighted by Gasteiger charge is 2.45. The van der Waals surface area contributed by atoms with Crippen LogP contribution < -0.4 is 45.6 Å². The number of nitrogens with zero attached hydrogens (tertiary/aromatic N) is 3. The van der Waals surface area contributed by atoms with E-state index in [9.17, 15) is 40.4 Å². The van der Waals surface area contributed by atoms with Crippen LogP contribution >= 0.6 is 0 Å². The molecule has 6 aliphatic rings. The van der Waals surface area contributed by atoms with Gasteiger partial charge in [-0.1, -0.05) is 82.9 Å². The number of benzene rings is 3. The molecule has 6 heterocycles. The van der Waals surface area contributed by atoms with Gasteiger partial charge in [0.15, 0.2) is 34.5 Å². The first-order valence-corrected chi connectivity index (χ1v) is 27.4. The average Bonchev–Trinajstić information content (AvgIpc) is 0.607. The van der Waals surface area contributed by atoms with Gasteiger partial charge >= 0.3 is 17.9 Å². The SMILES string of the molecule is [2H]c1c(OC([2H])([2H])[2H])c(OC)c([2H])c2c1C([2H])([2H])C([2H])([2H])N1C([2H])([2H])C([2H])(C([2H])([2H])C([2H])(C)C([2H])([2H])[2H])C(OC(=O)[C@@H](N)C(C)C)C([2H])([2H])C21[2H].[2H]c1c(OC)c(OC)c([2H])c2c1C([2H])([2H])C([2H])([2H])N1C([2H])([2H])C([2H])(C([2H])([2H])C([2H])(C)C([2H])([2H])[2H])C(OC(=O)[C@@H](N)C(C)C)C([2H])([2H])C21[2H].[2H]c1c(OC)c(OC)c([2H])c2c1C([2H])([2H])C([2H])([2H])N1C([2H])([2H])C([2H])(C([2H])([2H])C([2H])(C)C([2H])([2H])[2H])C([2H])(OC(=O)[C@@H](N)C(C)C)C([2H])([2H])C21[2H]. The van der Waals surface area contributed by atoms with Gasteiger partial charge in [0.1, 0.15) is 36.4 Å². The van der Waals surface area contributed by atoms with Crippen molar-refractivity contribution in [2.45, 2.75) is 195 Å². The van der Waals surface area contributed by atoms with Crippen molar-refractivity contribution >= 4 is 17.9 Å². The molecule has 15 atom stereocenters. The van der Waals surface area contributed by atoms with E-state index >= 15 is 0 Å². The molecule has 0 radical (unpaired) electrons. The molecule has 12 unspecified atom stereocenters. The summed E-state index contributed by atoms with van der Waals surface area (Å²) in [4.78, 5) is 38.5. The summed E-state index contributed by atoms with van der Waals surface area (Å²) in [5, 5.41) is 0. The fourth-order valence-electron chi connectivity index (χ4n) is 8.06. The number of nitrogens with two attached hydrogens (primary N) is 3. The topological polar surface area (TPSA) is 222 Å². The largest absolute Gasteiger partial charge is 0.493 e. The maximum atomic E-state index is 13.4. The molecule has 0 spiro atoms. The van der Waals surface area contributed by atoms with Gasteiger partial charge in [-0.2, -0.15) is 0 Å². The molecule has 0 bridgehead atoms. The Bertz CT molecular complexity index is 5650. The molecule has 6 N–H and O–H groups in total. The van der Waals surface area contributed by atoms with Gasteiger partial charge in [-0.05, 0) is 143 Å². The molecule has 0 aromatic heterocycles. The number of hydrogen-bond donors (Lipinski definition) is 3. The van der Waals surface area contributed by atoms with E-state index < -0.39 is 368 Å². The standard InChI is InChI=1S/3C24H38N2O4/c3*1-14(2)9-17-13-26-8-7-16-10-21(28-5)22(29-6)11-18(16)19(26)12-20(17)30-24(27)23(25)15(3)4/h3*10-11,14-15,17,19-20,23H,7-9,12-13,25H2,1-6H3/t3*17?,19?,20?,23-/m000/s1/i1D3,7D2,8D2,9D2,10D,11D,12D2,13D2,14D,17D,19D,20D;1D3,5D3,7D2,8D2,9D2,10D,11D,12D2,13D2,14D,17D,19D;1D3,7D2,8D2,9D2,10D,11D,12D2,13D2,14D,17D,19D/t3*14?,17?,19?,20?,23-. The van der Waals surface area contributed by atoms with Crippen LogP contribution in [0.5, 0.6) is 34.5 Å². The van der Waals surface area contributed by atoms with Crippen LogP contribution in [0.2, 0.25) is 0 Å². The van der Waals surface area contributed by atoms with Gasteiger partial charge in [0.2, 0.25) is 0 Å². The molecule has 90 heavy (non-hydrogen) atoms. The number of hydrogen-bond acceptors (Lipinski definition) is 18. The molecule has 3 fully saturated rings. The normalized spacial score (nSPS) is 49.8. The number of carbonyl (C=O) groups excluding carboxylic acids is 3. The Kier molecular flexibility index (Phi) is 9.66. The van der Waals surface area contributed by atoms with Crippen LogP contribution in [-0.4, -0.2) is 151 Å². The molecule has 6 aliphatic heterocycles. The Labute approximate surface area is 621 Å². The maximum absolute atomic E-state index is 13.4. The van der Waals surface area contributed by atoms with Crippen LogP contribution in [0, 0.1) is 53.1 Å². The van der Waals surface area contributed by atoms with Gasteiger partial charge in [-0.3, -0.25) is 29.1 Å². The Morgan fingerprint density at radius 1 is 0.500 bits per heavy atom. The number of fused-ring (bicyclic) bond motifs is 9. The highest BCUT2D eigenvalue weighted by Crippen LogP contribution is 2.48. The Morgan fingerprint density at radius 3 is 1.12 bits per heavy atom. The van der Waals surface area contributed by atoms with E-state index in [1.807, 2.05) is 0 Å². The van der Waals surface area contributed by atoms with Gasteiger partial charge < -0.3 is 59.8 Å². The first-order chi connectivity index (χ1) is 65.1. The first kappa shape index (κ1) is 26.8. The summed E-state index contributed by atoms with van der Waals surface area (Å²) in [6.45, 7) is -27.1. The zero-order valence-corrected chi connectivity index (χ0v) is 51.6. The lowest BCUT2D eigenvalue weighted by molar-refractivity contribution is -0.161. The van der Waals surface area contributed by atoms with Gasteiger partial charge in [0.05, 0.1) is 60.4 Å². The molecule has 0 saturated carbocycles. The fourth-order valence-corrected chi connectivity index (χ4v) is 8.06. The molecule has 504 valence electrons. The summed E-state index contributed by atoms with van der Waals surface area (Å²) in [7, 11) is 1.31. The van der Waals surface area contributed by atoms with E-state index in [-0.39, 0.29) is 0 Å². The number of piperidine rings is 3. The van der Waals surface area contributed by atoms with Crippen LogP contribution in [0.4, 0.5) is 0 Å². The van der Waals surface area contributed by atoms with Crippen molar-refractivity contribution in [3.63, 3.8) is 0 Å². The number of ether oxygens (including phenoxy) is 9. The summed E-state index contributed by atoms with van der Waals surface area (Å²) in [5.41, 5.74) is 9.91. The van der Waals surface area contributed by atoms with E-state index in [0.29, 0.717) is 20.8 Å². The minimum Gasteiger partial charge on any atom is -0.493 e. The Morgan fingerprint density at radius 2 is 0.800 bits per heavy atom. The van der Waals surface area contributed by atoms with Crippen molar-refractivity contribution in [3.05, 3.63) is 69.6 Å². The third-order valence-corrected chi connectivity index (χ3v) is 13.0. The molecule has 9 rings (SSSR count). The average molecular weight is 1310 g/mol. The number of carbonyl (C=O) groups is 3. The molecule has 3 aromatic carbocycles. The third kappa shape index (κ3) is 17.5. The van der Waals surface area contributed by atoms with Gasteiger partial charge in [0.25, 0.3) is 0 Å². The lowest BCUT2D eigenvalue weighted by atomic mass is 9.79. The van der Waals surface area contributed by atoms with E-state index in [4.69, 9.17) is 113 Å². The van der Waals surface area contributed by atoms with E-state index in [1.54, 1.807) is 0 Å². The van der Waals surface area contributed by atoms with Crippen molar-refractivity contribution in [2.75, 3.05) is 81.6 Å². The van der Waals surface area contributed by atoms with Crippen LogP contribution in [0.25, 0.3) is 0 Å². The van der Waals surface area contributed by atoms with Crippen molar-refractivity contribution in [1.29, 1.82) is 0 Å². The van der Waals surface area contributed by atoms with Crippen LogP contribution in [0.3, 0.4) is 0 Å². The van der Waals surface area contributed by atoms with Crippen LogP contribution in [-0.2, 0) is 47.7 Å². The Balaban J connectivity index is 0.000000301. The molecule has 3 saturated heterocycles.